The topological polar surface area (TPSA) is 49.4 Å². The molecule has 0 aliphatic carbocycles. The molecule has 1 unspecified atom stereocenters. The lowest BCUT2D eigenvalue weighted by Gasteiger charge is -2.34. The summed E-state index contributed by atoms with van der Waals surface area (Å²) in [6.45, 7) is 0.475. The van der Waals surface area contributed by atoms with E-state index in [1.54, 1.807) is 0 Å². The molecule has 2 amide bonds. The lowest BCUT2D eigenvalue weighted by Crippen LogP contribution is -2.60. The number of nitrogens with zero attached hydrogens (tertiary/aromatic N) is 1. The third kappa shape index (κ3) is 2.36. The highest BCUT2D eigenvalue weighted by Gasteiger charge is 2.35. The van der Waals surface area contributed by atoms with E-state index in [0.717, 1.165) is 5.56 Å². The maximum atomic E-state index is 11.6. The zero-order valence-corrected chi connectivity index (χ0v) is 9.48. The lowest BCUT2D eigenvalue weighted by molar-refractivity contribution is -0.139. The molecule has 4 nitrogen and oxygen atoms in total. The predicted octanol–water partition coefficient (Wildman–Crippen LogP) is 0.401. The van der Waals surface area contributed by atoms with Crippen molar-refractivity contribution in [3.63, 3.8) is 0 Å². The van der Waals surface area contributed by atoms with Crippen molar-refractivity contribution < 1.29 is 9.59 Å². The van der Waals surface area contributed by atoms with Gasteiger partial charge in [0.2, 0.25) is 5.91 Å². The Morgan fingerprint density at radius 1 is 1.44 bits per heavy atom. The summed E-state index contributed by atoms with van der Waals surface area (Å²) in [7, 11) is 0. The molecule has 0 aromatic heterocycles. The van der Waals surface area contributed by atoms with Gasteiger partial charge in [-0.05, 0) is 5.56 Å². The normalized spacial score (nSPS) is 19.2. The second-order valence-electron chi connectivity index (χ2n) is 3.70. The van der Waals surface area contributed by atoms with Gasteiger partial charge in [-0.2, -0.15) is 0 Å². The third-order valence-electron chi connectivity index (χ3n) is 2.45. The number of β-lactam (4-membered cyclic amide) rings is 1. The van der Waals surface area contributed by atoms with E-state index in [1.165, 1.54) is 4.31 Å². The van der Waals surface area contributed by atoms with Gasteiger partial charge >= 0.3 is 0 Å². The van der Waals surface area contributed by atoms with Gasteiger partial charge in [0.1, 0.15) is 6.04 Å². The number of amides is 2. The highest BCUT2D eigenvalue weighted by Crippen LogP contribution is 2.12. The van der Waals surface area contributed by atoms with Crippen molar-refractivity contribution in [3.05, 3.63) is 35.9 Å². The molecule has 1 N–H and O–H groups in total. The smallest absolute Gasteiger partial charge is 0.256 e. The minimum Gasteiger partial charge on any atom is -0.342 e. The van der Waals surface area contributed by atoms with Crippen LogP contribution in [-0.4, -0.2) is 28.7 Å². The van der Waals surface area contributed by atoms with E-state index in [1.807, 2.05) is 30.3 Å². The molecule has 0 radical (unpaired) electrons. The van der Waals surface area contributed by atoms with E-state index < -0.39 is 6.04 Å². The van der Waals surface area contributed by atoms with E-state index in [2.05, 4.69) is 18.1 Å². The van der Waals surface area contributed by atoms with Gasteiger partial charge in [0, 0.05) is 0 Å². The molecule has 1 saturated heterocycles. The van der Waals surface area contributed by atoms with Crippen LogP contribution < -0.4 is 5.32 Å². The summed E-state index contributed by atoms with van der Waals surface area (Å²) < 4.78 is 1.29. The number of hydrogen-bond donors (Lipinski definition) is 2. The monoisotopic (exact) mass is 236 g/mol. The average Bonchev–Trinajstić information content (AvgIpc) is 2.29. The van der Waals surface area contributed by atoms with Crippen LogP contribution in [0.3, 0.4) is 0 Å². The van der Waals surface area contributed by atoms with Crippen molar-refractivity contribution in [2.45, 2.75) is 12.5 Å². The Balaban J connectivity index is 1.84. The fourth-order valence-corrected chi connectivity index (χ4v) is 1.85. The van der Waals surface area contributed by atoms with Crippen LogP contribution in [0.1, 0.15) is 5.56 Å². The summed E-state index contributed by atoms with van der Waals surface area (Å²) in [5.74, 6) is -0.282. The highest BCUT2D eigenvalue weighted by atomic mass is 32.1. The standard InChI is InChI=1S/C11H12N2O2S/c14-10(6-8-4-2-1-3-5-8)12-9-7-13(16)11(9)15/h1-5,9,16H,6-7H2,(H,12,14). The Labute approximate surface area is 99.2 Å². The van der Waals surface area contributed by atoms with Gasteiger partial charge < -0.3 is 5.32 Å². The molecular formula is C11H12N2O2S. The van der Waals surface area contributed by atoms with Crippen LogP contribution in [0, 0.1) is 0 Å². The number of carbonyl (C=O) groups is 2. The zero-order valence-electron chi connectivity index (χ0n) is 8.59. The van der Waals surface area contributed by atoms with Crippen LogP contribution in [0.25, 0.3) is 0 Å². The Morgan fingerprint density at radius 3 is 2.69 bits per heavy atom. The van der Waals surface area contributed by atoms with Gasteiger partial charge in [0.25, 0.3) is 5.91 Å². The molecule has 0 spiro atoms. The van der Waals surface area contributed by atoms with Crippen molar-refractivity contribution in [3.8, 4) is 0 Å². The zero-order chi connectivity index (χ0) is 11.5. The van der Waals surface area contributed by atoms with E-state index in [9.17, 15) is 9.59 Å². The van der Waals surface area contributed by atoms with Crippen LogP contribution in [0.2, 0.25) is 0 Å². The van der Waals surface area contributed by atoms with Crippen LogP contribution in [0.4, 0.5) is 0 Å². The second-order valence-corrected chi connectivity index (χ2v) is 4.19. The Bertz CT molecular complexity index is 408. The minimum atomic E-state index is -0.395. The fraction of sp³-hybridized carbons (Fsp3) is 0.273. The quantitative estimate of drug-likeness (QED) is 0.589. The number of thiol groups is 1. The Hall–Kier alpha value is -1.49. The maximum absolute atomic E-state index is 11.6. The molecule has 0 saturated carbocycles. The molecule has 16 heavy (non-hydrogen) atoms. The maximum Gasteiger partial charge on any atom is 0.256 e. The first kappa shape index (κ1) is 11.0. The molecule has 84 valence electrons. The minimum absolute atomic E-state index is 0.133. The molecule has 1 heterocycles. The van der Waals surface area contributed by atoms with Gasteiger partial charge in [-0.25, -0.2) is 0 Å². The molecule has 1 aliphatic rings. The largest absolute Gasteiger partial charge is 0.342 e. The predicted molar refractivity (Wildman–Crippen MR) is 62.8 cm³/mol. The molecule has 1 aromatic carbocycles. The van der Waals surface area contributed by atoms with E-state index in [4.69, 9.17) is 0 Å². The summed E-state index contributed by atoms with van der Waals surface area (Å²) >= 11 is 3.89. The number of benzene rings is 1. The summed E-state index contributed by atoms with van der Waals surface area (Å²) in [5.41, 5.74) is 0.939. The van der Waals surface area contributed by atoms with Gasteiger partial charge in [0.05, 0.1) is 13.0 Å². The van der Waals surface area contributed by atoms with Gasteiger partial charge in [-0.3, -0.25) is 13.9 Å². The fourth-order valence-electron chi connectivity index (χ4n) is 1.54. The summed E-state index contributed by atoms with van der Waals surface area (Å²) in [5, 5.41) is 2.67. The third-order valence-corrected chi connectivity index (χ3v) is 2.81. The van der Waals surface area contributed by atoms with Gasteiger partial charge in [0.15, 0.2) is 0 Å². The molecule has 1 atom stereocenters. The Kier molecular flexibility index (Phi) is 3.14. The van der Waals surface area contributed by atoms with Crippen molar-refractivity contribution >= 4 is 24.6 Å². The SMILES string of the molecule is O=C(Cc1ccccc1)NC1CN(S)C1=O. The number of nitrogens with one attached hydrogen (secondary N) is 1. The van der Waals surface area contributed by atoms with Crippen molar-refractivity contribution in [2.24, 2.45) is 0 Å². The number of hydrogen-bond acceptors (Lipinski definition) is 3. The van der Waals surface area contributed by atoms with Crippen LogP contribution in [-0.2, 0) is 16.0 Å². The average molecular weight is 236 g/mol. The molecule has 5 heteroatoms. The second kappa shape index (κ2) is 4.57. The van der Waals surface area contributed by atoms with Crippen molar-refractivity contribution in [1.29, 1.82) is 0 Å². The molecule has 1 fully saturated rings. The summed E-state index contributed by atoms with van der Waals surface area (Å²) in [6.07, 6.45) is 0.303. The first-order valence-electron chi connectivity index (χ1n) is 5.00. The molecular weight excluding hydrogens is 224 g/mol. The summed E-state index contributed by atoms with van der Waals surface area (Å²) in [4.78, 5) is 22.7. The number of carbonyl (C=O) groups excluding carboxylic acids is 2. The molecule has 1 aromatic rings. The van der Waals surface area contributed by atoms with Crippen LogP contribution >= 0.6 is 12.8 Å². The van der Waals surface area contributed by atoms with E-state index >= 15 is 0 Å². The molecule has 2 rings (SSSR count). The Morgan fingerprint density at radius 2 is 2.12 bits per heavy atom. The van der Waals surface area contributed by atoms with Gasteiger partial charge in [-0.15, -0.1) is 0 Å². The van der Waals surface area contributed by atoms with E-state index in [0.29, 0.717) is 13.0 Å². The molecule has 0 bridgehead atoms. The van der Waals surface area contributed by atoms with E-state index in [-0.39, 0.29) is 11.8 Å². The highest BCUT2D eigenvalue weighted by molar-refractivity contribution is 7.78. The van der Waals surface area contributed by atoms with Crippen molar-refractivity contribution in [2.75, 3.05) is 6.54 Å². The van der Waals surface area contributed by atoms with Crippen LogP contribution in [0.5, 0.6) is 0 Å². The molecule has 1 aliphatic heterocycles. The summed E-state index contributed by atoms with van der Waals surface area (Å²) in [6, 6.07) is 9.03. The lowest BCUT2D eigenvalue weighted by atomic mass is 10.1. The van der Waals surface area contributed by atoms with Crippen LogP contribution in [0.15, 0.2) is 30.3 Å². The first-order valence-corrected chi connectivity index (χ1v) is 5.40. The van der Waals surface area contributed by atoms with Gasteiger partial charge in [-0.1, -0.05) is 43.1 Å². The number of rotatable bonds is 3. The van der Waals surface area contributed by atoms with Crippen molar-refractivity contribution in [1.82, 2.24) is 9.62 Å². The first-order chi connectivity index (χ1) is 7.66.